The lowest BCUT2D eigenvalue weighted by Gasteiger charge is -2.32. The molecule has 0 aliphatic carbocycles. The number of hydrogen-bond donors (Lipinski definition) is 1. The van der Waals surface area contributed by atoms with Gasteiger partial charge in [0.2, 0.25) is 0 Å². The van der Waals surface area contributed by atoms with Crippen LogP contribution in [0.3, 0.4) is 0 Å². The number of methoxy groups -OCH3 is 1. The Labute approximate surface area is 125 Å². The smallest absolute Gasteiger partial charge is 0.327 e. The first-order chi connectivity index (χ1) is 9.99. The van der Waals surface area contributed by atoms with E-state index < -0.39 is 11.5 Å². The normalized spacial score (nSPS) is 13.7. The topological polar surface area (TPSA) is 55.6 Å². The predicted octanol–water partition coefficient (Wildman–Crippen LogP) is 2.56. The highest BCUT2D eigenvalue weighted by Crippen LogP contribution is 2.27. The fourth-order valence-electron chi connectivity index (χ4n) is 2.55. The van der Waals surface area contributed by atoms with Crippen LogP contribution in [-0.4, -0.2) is 31.7 Å². The van der Waals surface area contributed by atoms with Gasteiger partial charge >= 0.3 is 5.97 Å². The van der Waals surface area contributed by atoms with Gasteiger partial charge in [-0.1, -0.05) is 36.4 Å². The lowest BCUT2D eigenvalue weighted by Crippen LogP contribution is -2.54. The lowest BCUT2D eigenvalue weighted by atomic mass is 10.0. The third-order valence-electron chi connectivity index (χ3n) is 3.66. The summed E-state index contributed by atoms with van der Waals surface area (Å²) in [6, 6.07) is 14.3. The summed E-state index contributed by atoms with van der Waals surface area (Å²) < 4.78 is 4.79. The van der Waals surface area contributed by atoms with Crippen LogP contribution in [-0.2, 0) is 9.53 Å². The second-order valence-corrected chi connectivity index (χ2v) is 5.42. The summed E-state index contributed by atoms with van der Waals surface area (Å²) in [5.41, 5.74) is 6.15. The number of nitrogens with two attached hydrogens (primary N) is 1. The molecule has 4 heteroatoms. The van der Waals surface area contributed by atoms with Gasteiger partial charge in [0, 0.05) is 24.2 Å². The first-order valence-corrected chi connectivity index (χ1v) is 7.09. The van der Waals surface area contributed by atoms with Gasteiger partial charge in [0.15, 0.2) is 0 Å². The van der Waals surface area contributed by atoms with Gasteiger partial charge < -0.3 is 15.4 Å². The number of benzene rings is 2. The van der Waals surface area contributed by atoms with Crippen molar-refractivity contribution >= 4 is 22.4 Å². The number of fused-ring (bicyclic) bond motifs is 1. The van der Waals surface area contributed by atoms with Crippen molar-refractivity contribution in [1.82, 2.24) is 0 Å². The van der Waals surface area contributed by atoms with Crippen molar-refractivity contribution in [3.05, 3.63) is 42.5 Å². The van der Waals surface area contributed by atoms with Crippen molar-refractivity contribution in [2.75, 3.05) is 25.1 Å². The van der Waals surface area contributed by atoms with Gasteiger partial charge in [-0.3, -0.25) is 4.79 Å². The fraction of sp³-hybridized carbons (Fsp3) is 0.353. The number of hydrogen-bond acceptors (Lipinski definition) is 4. The molecule has 112 valence electrons. The molecule has 0 amide bonds. The van der Waals surface area contributed by atoms with Crippen molar-refractivity contribution in [2.24, 2.45) is 5.73 Å². The first kappa shape index (κ1) is 15.3. The Morgan fingerprint density at radius 2 is 1.90 bits per heavy atom. The number of likely N-dealkylation sites (N-methyl/N-ethyl adjacent to an activating group) is 1. The average molecular weight is 286 g/mol. The van der Waals surface area contributed by atoms with E-state index >= 15 is 0 Å². The van der Waals surface area contributed by atoms with Crippen LogP contribution in [0.5, 0.6) is 0 Å². The van der Waals surface area contributed by atoms with E-state index in [1.165, 1.54) is 12.5 Å². The summed E-state index contributed by atoms with van der Waals surface area (Å²) in [7, 11) is 1.36. The van der Waals surface area contributed by atoms with Crippen LogP contribution in [0.4, 0.5) is 5.69 Å². The number of rotatable bonds is 5. The molecule has 0 aromatic heterocycles. The minimum absolute atomic E-state index is 0.402. The highest BCUT2D eigenvalue weighted by molar-refractivity contribution is 5.94. The Balaban J connectivity index is 2.38. The van der Waals surface area contributed by atoms with Crippen molar-refractivity contribution in [1.29, 1.82) is 0 Å². The van der Waals surface area contributed by atoms with Crippen molar-refractivity contribution in [3.63, 3.8) is 0 Å². The molecule has 0 fully saturated rings. The van der Waals surface area contributed by atoms with Gasteiger partial charge in [0.25, 0.3) is 0 Å². The van der Waals surface area contributed by atoms with E-state index in [4.69, 9.17) is 10.5 Å². The third kappa shape index (κ3) is 3.16. The van der Waals surface area contributed by atoms with E-state index in [0.717, 1.165) is 17.6 Å². The maximum Gasteiger partial charge on any atom is 0.327 e. The summed E-state index contributed by atoms with van der Waals surface area (Å²) in [5, 5.41) is 2.33. The molecule has 0 aliphatic rings. The molecule has 2 aromatic carbocycles. The third-order valence-corrected chi connectivity index (χ3v) is 3.66. The quantitative estimate of drug-likeness (QED) is 0.858. The summed E-state index contributed by atoms with van der Waals surface area (Å²) in [4.78, 5) is 13.9. The number of nitrogens with zero attached hydrogens (tertiary/aromatic N) is 1. The molecule has 0 bridgehead atoms. The molecule has 0 saturated carbocycles. The monoisotopic (exact) mass is 286 g/mol. The average Bonchev–Trinajstić information content (AvgIpc) is 2.51. The minimum atomic E-state index is -1.04. The second kappa shape index (κ2) is 6.14. The fourth-order valence-corrected chi connectivity index (χ4v) is 2.55. The standard InChI is InChI=1S/C17H22N2O2/c1-4-19(12-17(2,18)16(20)21-3)15-11-7-9-13-8-5-6-10-14(13)15/h5-11H,4,12,18H2,1-3H3. The second-order valence-electron chi connectivity index (χ2n) is 5.42. The van der Waals surface area contributed by atoms with Gasteiger partial charge in [-0.2, -0.15) is 0 Å². The van der Waals surface area contributed by atoms with E-state index in [2.05, 4.69) is 36.1 Å². The molecule has 21 heavy (non-hydrogen) atoms. The van der Waals surface area contributed by atoms with Gasteiger partial charge in [-0.25, -0.2) is 0 Å². The molecule has 0 aliphatic heterocycles. The molecule has 1 atom stereocenters. The number of carbonyl (C=O) groups is 1. The van der Waals surface area contributed by atoms with Gasteiger partial charge in [0.1, 0.15) is 5.54 Å². The molecular formula is C17H22N2O2. The van der Waals surface area contributed by atoms with Crippen molar-refractivity contribution in [3.8, 4) is 0 Å². The van der Waals surface area contributed by atoms with Crippen molar-refractivity contribution < 1.29 is 9.53 Å². The number of anilines is 1. The van der Waals surface area contributed by atoms with Crippen LogP contribution in [0.2, 0.25) is 0 Å². The Bertz CT molecular complexity index is 632. The minimum Gasteiger partial charge on any atom is -0.468 e. The Morgan fingerprint density at radius 3 is 2.57 bits per heavy atom. The molecule has 0 spiro atoms. The highest BCUT2D eigenvalue weighted by atomic mass is 16.5. The van der Waals surface area contributed by atoms with E-state index in [1.54, 1.807) is 6.92 Å². The van der Waals surface area contributed by atoms with Gasteiger partial charge in [-0.05, 0) is 25.3 Å². The zero-order valence-corrected chi connectivity index (χ0v) is 12.8. The zero-order chi connectivity index (χ0) is 15.5. The maximum absolute atomic E-state index is 11.8. The Morgan fingerprint density at radius 1 is 1.24 bits per heavy atom. The summed E-state index contributed by atoms with van der Waals surface area (Å²) in [5.74, 6) is -0.402. The van der Waals surface area contributed by atoms with Gasteiger partial charge in [0.05, 0.1) is 7.11 Å². The molecule has 2 rings (SSSR count). The van der Waals surface area contributed by atoms with Crippen LogP contribution in [0.25, 0.3) is 10.8 Å². The number of ether oxygens (including phenoxy) is 1. The summed E-state index contributed by atoms with van der Waals surface area (Å²) in [6.07, 6.45) is 0. The molecule has 2 aromatic rings. The van der Waals surface area contributed by atoms with E-state index in [0.29, 0.717) is 6.54 Å². The molecule has 0 heterocycles. The SMILES string of the molecule is CCN(CC(C)(N)C(=O)OC)c1cccc2ccccc12. The van der Waals surface area contributed by atoms with Crippen LogP contribution in [0.15, 0.2) is 42.5 Å². The molecule has 1 unspecified atom stereocenters. The summed E-state index contributed by atoms with van der Waals surface area (Å²) >= 11 is 0. The molecular weight excluding hydrogens is 264 g/mol. The van der Waals surface area contributed by atoms with E-state index in [-0.39, 0.29) is 0 Å². The van der Waals surface area contributed by atoms with E-state index in [1.807, 2.05) is 18.2 Å². The number of esters is 1. The van der Waals surface area contributed by atoms with Crippen LogP contribution in [0.1, 0.15) is 13.8 Å². The molecule has 2 N–H and O–H groups in total. The highest BCUT2D eigenvalue weighted by Gasteiger charge is 2.32. The van der Waals surface area contributed by atoms with Crippen molar-refractivity contribution in [2.45, 2.75) is 19.4 Å². The van der Waals surface area contributed by atoms with Crippen LogP contribution < -0.4 is 10.6 Å². The number of carbonyl (C=O) groups excluding carboxylic acids is 1. The Hall–Kier alpha value is -2.07. The zero-order valence-electron chi connectivity index (χ0n) is 12.8. The largest absolute Gasteiger partial charge is 0.468 e. The van der Waals surface area contributed by atoms with Crippen LogP contribution >= 0.6 is 0 Å². The maximum atomic E-state index is 11.8. The molecule has 4 nitrogen and oxygen atoms in total. The predicted molar refractivity (Wildman–Crippen MR) is 86.4 cm³/mol. The lowest BCUT2D eigenvalue weighted by molar-refractivity contribution is -0.146. The molecule has 0 radical (unpaired) electrons. The molecule has 0 saturated heterocycles. The Kier molecular flexibility index (Phi) is 4.48. The summed E-state index contributed by atoms with van der Waals surface area (Å²) in [6.45, 7) is 4.92. The first-order valence-electron chi connectivity index (χ1n) is 7.09. The van der Waals surface area contributed by atoms with E-state index in [9.17, 15) is 4.79 Å². The van der Waals surface area contributed by atoms with Gasteiger partial charge in [-0.15, -0.1) is 0 Å². The van der Waals surface area contributed by atoms with Crippen LogP contribution in [0, 0.1) is 0 Å².